The maximum Gasteiger partial charge on any atom is 0.321 e. The summed E-state index contributed by atoms with van der Waals surface area (Å²) in [4.78, 5) is 13.5. The van der Waals surface area contributed by atoms with Crippen molar-refractivity contribution in [3.05, 3.63) is 24.3 Å². The first-order valence-electron chi connectivity index (χ1n) is 7.24. The average Bonchev–Trinajstić information content (AvgIpc) is 3.10. The fourth-order valence-corrected chi connectivity index (χ4v) is 2.81. The zero-order chi connectivity index (χ0) is 13.9. The maximum atomic E-state index is 11.7. The number of carbonyl (C=O) groups excluding carboxylic acids is 1. The Bertz CT molecular complexity index is 486. The van der Waals surface area contributed by atoms with Gasteiger partial charge in [-0.2, -0.15) is 0 Å². The van der Waals surface area contributed by atoms with Gasteiger partial charge in [0.2, 0.25) is 0 Å². The Labute approximate surface area is 119 Å². The summed E-state index contributed by atoms with van der Waals surface area (Å²) < 4.78 is 5.43. The molecule has 2 N–H and O–H groups in total. The van der Waals surface area contributed by atoms with Gasteiger partial charge in [0.1, 0.15) is 0 Å². The number of amides is 2. The van der Waals surface area contributed by atoms with Gasteiger partial charge in [-0.3, -0.25) is 4.90 Å². The molecule has 0 spiro atoms. The highest BCUT2D eigenvalue weighted by molar-refractivity contribution is 5.94. The summed E-state index contributed by atoms with van der Waals surface area (Å²) in [6, 6.07) is 8.40. The lowest BCUT2D eigenvalue weighted by atomic mass is 10.0. The number of benzene rings is 1. The van der Waals surface area contributed by atoms with E-state index in [9.17, 15) is 4.79 Å². The van der Waals surface area contributed by atoms with Crippen LogP contribution in [0.4, 0.5) is 16.2 Å². The highest BCUT2D eigenvalue weighted by Gasteiger charge is 2.23. The highest BCUT2D eigenvalue weighted by atomic mass is 16.5. The molecule has 3 rings (SSSR count). The van der Waals surface area contributed by atoms with Crippen LogP contribution in [0.25, 0.3) is 0 Å². The third-order valence-corrected chi connectivity index (χ3v) is 4.08. The molecule has 2 heterocycles. The summed E-state index contributed by atoms with van der Waals surface area (Å²) in [5.74, 6) is 0.564. The zero-order valence-electron chi connectivity index (χ0n) is 11.8. The van der Waals surface area contributed by atoms with Crippen LogP contribution in [-0.4, -0.2) is 38.4 Å². The van der Waals surface area contributed by atoms with Crippen LogP contribution >= 0.6 is 0 Å². The van der Waals surface area contributed by atoms with Crippen LogP contribution < -0.4 is 15.5 Å². The van der Waals surface area contributed by atoms with Crippen molar-refractivity contribution in [2.75, 3.05) is 36.5 Å². The molecule has 0 bridgehead atoms. The number of urea groups is 1. The van der Waals surface area contributed by atoms with Crippen LogP contribution in [0.2, 0.25) is 0 Å². The maximum absolute atomic E-state index is 11.7. The van der Waals surface area contributed by atoms with Gasteiger partial charge in [-0.15, -0.1) is 0 Å². The van der Waals surface area contributed by atoms with Crippen molar-refractivity contribution in [2.24, 2.45) is 5.92 Å². The number of carbonyl (C=O) groups is 1. The molecule has 0 radical (unpaired) electrons. The van der Waals surface area contributed by atoms with Crippen LogP contribution in [0.1, 0.15) is 13.3 Å². The van der Waals surface area contributed by atoms with Crippen molar-refractivity contribution in [1.82, 2.24) is 5.32 Å². The molecule has 2 amide bonds. The molecule has 0 aliphatic carbocycles. The van der Waals surface area contributed by atoms with Gasteiger partial charge in [0.05, 0.1) is 6.61 Å². The van der Waals surface area contributed by atoms with Gasteiger partial charge in [-0.1, -0.05) is 6.07 Å². The van der Waals surface area contributed by atoms with Crippen LogP contribution in [0.3, 0.4) is 0 Å². The molecule has 0 aromatic heterocycles. The summed E-state index contributed by atoms with van der Waals surface area (Å²) in [6.07, 6.45) is 1.11. The summed E-state index contributed by atoms with van der Waals surface area (Å²) >= 11 is 0. The highest BCUT2D eigenvalue weighted by Crippen LogP contribution is 2.24. The van der Waals surface area contributed by atoms with Crippen LogP contribution in [0.5, 0.6) is 0 Å². The number of nitrogens with one attached hydrogen (secondary N) is 2. The molecule has 1 aromatic rings. The van der Waals surface area contributed by atoms with Gasteiger partial charge in [0.15, 0.2) is 0 Å². The number of anilines is 2. The predicted molar refractivity (Wildman–Crippen MR) is 79.2 cm³/mol. The van der Waals surface area contributed by atoms with Crippen molar-refractivity contribution < 1.29 is 9.53 Å². The summed E-state index contributed by atoms with van der Waals surface area (Å²) in [6.45, 7) is 5.34. The molecule has 2 aliphatic heterocycles. The van der Waals surface area contributed by atoms with E-state index >= 15 is 0 Å². The normalized spacial score (nSPS) is 23.8. The minimum Gasteiger partial charge on any atom is -0.382 e. The SMILES string of the molecule is CC(Nc1cccc(N2CCNC2=O)c1)C1CCOC1. The Hall–Kier alpha value is -1.75. The molecule has 2 fully saturated rings. The number of nitrogens with zero attached hydrogens (tertiary/aromatic N) is 1. The largest absolute Gasteiger partial charge is 0.382 e. The minimum atomic E-state index is -0.0145. The fraction of sp³-hybridized carbons (Fsp3) is 0.533. The van der Waals surface area contributed by atoms with E-state index < -0.39 is 0 Å². The van der Waals surface area contributed by atoms with Crippen molar-refractivity contribution in [1.29, 1.82) is 0 Å². The predicted octanol–water partition coefficient (Wildman–Crippen LogP) is 2.05. The van der Waals surface area contributed by atoms with Crippen molar-refractivity contribution >= 4 is 17.4 Å². The summed E-state index contributed by atoms with van der Waals surface area (Å²) in [5, 5.41) is 6.35. The Balaban J connectivity index is 1.69. The third kappa shape index (κ3) is 2.72. The Morgan fingerprint density at radius 2 is 2.40 bits per heavy atom. The monoisotopic (exact) mass is 275 g/mol. The van der Waals surface area contributed by atoms with E-state index in [1.54, 1.807) is 4.90 Å². The van der Waals surface area contributed by atoms with E-state index in [2.05, 4.69) is 17.6 Å². The van der Waals surface area contributed by atoms with E-state index in [0.717, 1.165) is 37.6 Å². The second-order valence-electron chi connectivity index (χ2n) is 5.49. The van der Waals surface area contributed by atoms with Crippen molar-refractivity contribution in [2.45, 2.75) is 19.4 Å². The Kier molecular flexibility index (Phi) is 3.78. The van der Waals surface area contributed by atoms with Gasteiger partial charge < -0.3 is 15.4 Å². The van der Waals surface area contributed by atoms with Gasteiger partial charge in [0, 0.05) is 43.0 Å². The van der Waals surface area contributed by atoms with Gasteiger partial charge in [-0.05, 0) is 31.5 Å². The van der Waals surface area contributed by atoms with Crippen molar-refractivity contribution in [3.8, 4) is 0 Å². The van der Waals surface area contributed by atoms with Crippen molar-refractivity contribution in [3.63, 3.8) is 0 Å². The molecular weight excluding hydrogens is 254 g/mol. The zero-order valence-corrected chi connectivity index (χ0v) is 11.8. The Morgan fingerprint density at radius 3 is 3.10 bits per heavy atom. The van der Waals surface area contributed by atoms with Gasteiger partial charge >= 0.3 is 6.03 Å². The molecular formula is C15H21N3O2. The lowest BCUT2D eigenvalue weighted by molar-refractivity contribution is 0.183. The standard InChI is InChI=1S/C15H21N3O2/c1-11(12-5-8-20-10-12)17-13-3-2-4-14(9-13)18-7-6-16-15(18)19/h2-4,9,11-12,17H,5-8,10H2,1H3,(H,16,19). The van der Waals surface area contributed by atoms with Crippen LogP contribution in [0, 0.1) is 5.92 Å². The lowest BCUT2D eigenvalue weighted by Gasteiger charge is -2.22. The molecule has 2 unspecified atom stereocenters. The molecule has 5 nitrogen and oxygen atoms in total. The molecule has 1 aromatic carbocycles. The number of ether oxygens (including phenoxy) is 1. The summed E-state index contributed by atoms with van der Waals surface area (Å²) in [7, 11) is 0. The van der Waals surface area contributed by atoms with Crippen LogP contribution in [0.15, 0.2) is 24.3 Å². The van der Waals surface area contributed by atoms with E-state index in [1.165, 1.54) is 0 Å². The molecule has 2 atom stereocenters. The molecule has 5 heteroatoms. The van der Waals surface area contributed by atoms with E-state index in [4.69, 9.17) is 4.74 Å². The molecule has 0 saturated carbocycles. The quantitative estimate of drug-likeness (QED) is 0.884. The molecule has 20 heavy (non-hydrogen) atoms. The molecule has 2 aliphatic rings. The van der Waals surface area contributed by atoms with E-state index in [0.29, 0.717) is 18.5 Å². The topological polar surface area (TPSA) is 53.6 Å². The first-order chi connectivity index (χ1) is 9.74. The number of hydrogen-bond acceptors (Lipinski definition) is 3. The average molecular weight is 275 g/mol. The minimum absolute atomic E-state index is 0.0145. The number of rotatable bonds is 4. The smallest absolute Gasteiger partial charge is 0.321 e. The third-order valence-electron chi connectivity index (χ3n) is 4.08. The van der Waals surface area contributed by atoms with E-state index in [-0.39, 0.29) is 6.03 Å². The second-order valence-corrected chi connectivity index (χ2v) is 5.49. The van der Waals surface area contributed by atoms with Gasteiger partial charge in [-0.25, -0.2) is 4.79 Å². The summed E-state index contributed by atoms with van der Waals surface area (Å²) in [5.41, 5.74) is 2.00. The fourth-order valence-electron chi connectivity index (χ4n) is 2.81. The molecule has 108 valence electrons. The lowest BCUT2D eigenvalue weighted by Crippen LogP contribution is -2.28. The van der Waals surface area contributed by atoms with Crippen LogP contribution in [-0.2, 0) is 4.74 Å². The molecule has 2 saturated heterocycles. The first kappa shape index (κ1) is 13.2. The second kappa shape index (κ2) is 5.71. The number of hydrogen-bond donors (Lipinski definition) is 2. The van der Waals surface area contributed by atoms with Gasteiger partial charge in [0.25, 0.3) is 0 Å². The first-order valence-corrected chi connectivity index (χ1v) is 7.24. The Morgan fingerprint density at radius 1 is 1.50 bits per heavy atom. The van der Waals surface area contributed by atoms with E-state index in [1.807, 2.05) is 24.3 Å².